The lowest BCUT2D eigenvalue weighted by Gasteiger charge is -2.22. The summed E-state index contributed by atoms with van der Waals surface area (Å²) in [6.45, 7) is 0. The van der Waals surface area contributed by atoms with Gasteiger partial charge in [0.25, 0.3) is 0 Å². The Balaban J connectivity index is 2.13. The van der Waals surface area contributed by atoms with Crippen molar-refractivity contribution in [1.29, 1.82) is 0 Å². The fraction of sp³-hybridized carbons (Fsp3) is 0.417. The highest BCUT2D eigenvalue weighted by atomic mass is 79.9. The molecule has 0 heterocycles. The van der Waals surface area contributed by atoms with Crippen LogP contribution in [-0.4, -0.2) is 11.4 Å². The number of hydrogen-bond donors (Lipinski definition) is 2. The smallest absolute Gasteiger partial charge is 0.244 e. The summed E-state index contributed by atoms with van der Waals surface area (Å²) in [5.41, 5.74) is 6.17. The fourth-order valence-corrected chi connectivity index (χ4v) is 3.22. The quantitative estimate of drug-likeness (QED) is 0.847. The highest BCUT2D eigenvalue weighted by Gasteiger charge is 2.37. The molecule has 2 rings (SSSR count). The summed E-state index contributed by atoms with van der Waals surface area (Å²) in [4.78, 5) is 12.1. The van der Waals surface area contributed by atoms with Crippen LogP contribution in [0.4, 0.5) is 5.69 Å². The Morgan fingerprint density at radius 1 is 1.29 bits per heavy atom. The van der Waals surface area contributed by atoms with E-state index in [1.807, 2.05) is 18.2 Å². The Bertz CT molecular complexity index is 442. The topological polar surface area (TPSA) is 55.1 Å². The first-order chi connectivity index (χ1) is 8.01. The molecule has 3 N–H and O–H groups in total. The molecule has 0 spiro atoms. The van der Waals surface area contributed by atoms with E-state index in [0.29, 0.717) is 0 Å². The number of carbonyl (C=O) groups excluding carboxylic acids is 1. The molecule has 0 unspecified atom stereocenters. The minimum atomic E-state index is -0.688. The Labute approximate surface area is 117 Å². The number of hydrogen-bond acceptors (Lipinski definition) is 2. The molecule has 0 bridgehead atoms. The number of nitrogens with two attached hydrogens (primary N) is 1. The number of nitrogens with one attached hydrogen (secondary N) is 1. The summed E-state index contributed by atoms with van der Waals surface area (Å²) >= 11 is 6.79. The lowest BCUT2D eigenvalue weighted by atomic mass is 9.98. The summed E-state index contributed by atoms with van der Waals surface area (Å²) in [6, 6.07) is 5.63. The summed E-state index contributed by atoms with van der Waals surface area (Å²) in [6.07, 6.45) is 3.61. The van der Waals surface area contributed by atoms with Gasteiger partial charge in [0.15, 0.2) is 0 Å². The van der Waals surface area contributed by atoms with Gasteiger partial charge in [0.05, 0.1) is 11.2 Å². The summed E-state index contributed by atoms with van der Waals surface area (Å²) in [5.74, 6) is -0.0852. The number of benzene rings is 1. The van der Waals surface area contributed by atoms with E-state index in [-0.39, 0.29) is 5.91 Å². The molecule has 1 aliphatic rings. The Hall–Kier alpha value is -0.390. The molecule has 1 saturated carbocycles. The van der Waals surface area contributed by atoms with Gasteiger partial charge >= 0.3 is 0 Å². The lowest BCUT2D eigenvalue weighted by Crippen LogP contribution is -2.48. The maximum absolute atomic E-state index is 12.1. The van der Waals surface area contributed by atoms with E-state index in [1.54, 1.807) is 0 Å². The zero-order valence-corrected chi connectivity index (χ0v) is 12.5. The van der Waals surface area contributed by atoms with Gasteiger partial charge < -0.3 is 11.1 Å². The molecule has 1 amide bonds. The largest absolute Gasteiger partial charge is 0.323 e. The minimum Gasteiger partial charge on any atom is -0.323 e. The van der Waals surface area contributed by atoms with E-state index >= 15 is 0 Å². The molecular formula is C12H14Br2N2O. The third-order valence-corrected chi connectivity index (χ3v) is 4.28. The number of amides is 1. The number of halogens is 2. The van der Waals surface area contributed by atoms with Crippen molar-refractivity contribution in [2.75, 3.05) is 5.32 Å². The maximum atomic E-state index is 12.1. The van der Waals surface area contributed by atoms with Crippen LogP contribution in [0, 0.1) is 0 Å². The fourth-order valence-electron chi connectivity index (χ4n) is 2.07. The van der Waals surface area contributed by atoms with E-state index in [4.69, 9.17) is 5.73 Å². The van der Waals surface area contributed by atoms with E-state index in [2.05, 4.69) is 37.2 Å². The SMILES string of the molecule is NC1(C(=O)Nc2ccc(Br)cc2Br)CCCC1. The second kappa shape index (κ2) is 5.08. The van der Waals surface area contributed by atoms with Crippen LogP contribution < -0.4 is 11.1 Å². The van der Waals surface area contributed by atoms with E-state index in [1.165, 1.54) is 0 Å². The van der Waals surface area contributed by atoms with E-state index in [9.17, 15) is 4.79 Å². The Morgan fingerprint density at radius 3 is 2.53 bits per heavy atom. The number of rotatable bonds is 2. The predicted molar refractivity (Wildman–Crippen MR) is 75.9 cm³/mol. The molecule has 17 heavy (non-hydrogen) atoms. The average molecular weight is 362 g/mol. The van der Waals surface area contributed by atoms with Gasteiger partial charge in [0.2, 0.25) is 5.91 Å². The molecule has 0 radical (unpaired) electrons. The van der Waals surface area contributed by atoms with Crippen molar-refractivity contribution in [3.05, 3.63) is 27.1 Å². The average Bonchev–Trinajstić information content (AvgIpc) is 2.71. The summed E-state index contributed by atoms with van der Waals surface area (Å²) < 4.78 is 1.81. The molecular weight excluding hydrogens is 348 g/mol. The molecule has 0 aliphatic heterocycles. The van der Waals surface area contributed by atoms with Gasteiger partial charge in [-0.25, -0.2) is 0 Å². The van der Waals surface area contributed by atoms with Crippen LogP contribution in [0.5, 0.6) is 0 Å². The van der Waals surface area contributed by atoms with Crippen LogP contribution in [0.25, 0.3) is 0 Å². The van der Waals surface area contributed by atoms with Crippen LogP contribution in [0.2, 0.25) is 0 Å². The van der Waals surface area contributed by atoms with Gasteiger partial charge in [-0.2, -0.15) is 0 Å². The highest BCUT2D eigenvalue weighted by Crippen LogP contribution is 2.31. The van der Waals surface area contributed by atoms with E-state index in [0.717, 1.165) is 40.3 Å². The number of anilines is 1. The van der Waals surface area contributed by atoms with Crippen LogP contribution in [-0.2, 0) is 4.79 Å². The first kappa shape index (κ1) is 13.1. The maximum Gasteiger partial charge on any atom is 0.244 e. The minimum absolute atomic E-state index is 0.0852. The Morgan fingerprint density at radius 2 is 1.94 bits per heavy atom. The molecule has 1 aromatic carbocycles. The molecule has 0 aromatic heterocycles. The van der Waals surface area contributed by atoms with Crippen molar-refractivity contribution in [2.24, 2.45) is 5.73 Å². The van der Waals surface area contributed by atoms with Crippen LogP contribution in [0.15, 0.2) is 27.1 Å². The van der Waals surface area contributed by atoms with Crippen LogP contribution in [0.1, 0.15) is 25.7 Å². The molecule has 1 fully saturated rings. The molecule has 0 saturated heterocycles. The second-order valence-corrected chi connectivity index (χ2v) is 6.21. The van der Waals surface area contributed by atoms with Crippen molar-refractivity contribution in [3.8, 4) is 0 Å². The van der Waals surface area contributed by atoms with Crippen molar-refractivity contribution < 1.29 is 4.79 Å². The zero-order chi connectivity index (χ0) is 12.5. The standard InChI is InChI=1S/C12H14Br2N2O/c13-8-3-4-10(9(14)7-8)16-11(17)12(15)5-1-2-6-12/h3-4,7H,1-2,5-6,15H2,(H,16,17). The van der Waals surface area contributed by atoms with Gasteiger partial charge in [-0.05, 0) is 47.0 Å². The van der Waals surface area contributed by atoms with E-state index < -0.39 is 5.54 Å². The summed E-state index contributed by atoms with van der Waals surface area (Å²) in [5, 5.41) is 2.89. The predicted octanol–water partition coefficient (Wildman–Crippen LogP) is 3.42. The van der Waals surface area contributed by atoms with Gasteiger partial charge in [-0.3, -0.25) is 4.79 Å². The van der Waals surface area contributed by atoms with Crippen molar-refractivity contribution in [2.45, 2.75) is 31.2 Å². The molecule has 3 nitrogen and oxygen atoms in total. The van der Waals surface area contributed by atoms with Gasteiger partial charge in [0, 0.05) is 8.95 Å². The van der Waals surface area contributed by atoms with Crippen LogP contribution >= 0.6 is 31.9 Å². The van der Waals surface area contributed by atoms with Gasteiger partial charge in [0.1, 0.15) is 0 Å². The monoisotopic (exact) mass is 360 g/mol. The molecule has 1 aromatic rings. The number of carbonyl (C=O) groups is 1. The van der Waals surface area contributed by atoms with Crippen molar-refractivity contribution >= 4 is 43.5 Å². The normalized spacial score (nSPS) is 18.1. The molecule has 1 aliphatic carbocycles. The Kier molecular flexibility index (Phi) is 3.90. The second-order valence-electron chi connectivity index (χ2n) is 4.44. The van der Waals surface area contributed by atoms with Crippen LogP contribution in [0.3, 0.4) is 0 Å². The summed E-state index contributed by atoms with van der Waals surface area (Å²) in [7, 11) is 0. The molecule has 0 atom stereocenters. The third kappa shape index (κ3) is 2.89. The highest BCUT2D eigenvalue weighted by molar-refractivity contribution is 9.11. The first-order valence-corrected chi connectivity index (χ1v) is 7.15. The van der Waals surface area contributed by atoms with Crippen molar-refractivity contribution in [1.82, 2.24) is 0 Å². The first-order valence-electron chi connectivity index (χ1n) is 5.57. The van der Waals surface area contributed by atoms with Gasteiger partial charge in [-0.15, -0.1) is 0 Å². The zero-order valence-electron chi connectivity index (χ0n) is 9.30. The van der Waals surface area contributed by atoms with Gasteiger partial charge in [-0.1, -0.05) is 28.8 Å². The lowest BCUT2D eigenvalue weighted by molar-refractivity contribution is -0.121. The van der Waals surface area contributed by atoms with Crippen molar-refractivity contribution in [3.63, 3.8) is 0 Å². The molecule has 5 heteroatoms. The molecule has 92 valence electrons. The third-order valence-electron chi connectivity index (χ3n) is 3.13.